The Balaban J connectivity index is 3.37. The Morgan fingerprint density at radius 2 is 2.14 bits per heavy atom. The van der Waals surface area contributed by atoms with Crippen LogP contribution in [0.15, 0.2) is 0 Å². The Bertz CT molecular complexity index is 145. The quantitative estimate of drug-likeness (QED) is 0.585. The minimum atomic E-state index is -0.786. The maximum Gasteiger partial charge on any atom is 0.305 e. The summed E-state index contributed by atoms with van der Waals surface area (Å²) in [5, 5.41) is 8.40. The number of carbonyl (C=O) groups is 1. The largest absolute Gasteiger partial charge is 0.481 e. The molecule has 0 unspecified atom stereocenters. The van der Waals surface area contributed by atoms with Crippen LogP contribution in [-0.4, -0.2) is 24.3 Å². The van der Waals surface area contributed by atoms with Crippen molar-refractivity contribution < 1.29 is 14.6 Å². The second-order valence-corrected chi connectivity index (χ2v) is 3.64. The van der Waals surface area contributed by atoms with Crippen LogP contribution in [0.25, 0.3) is 0 Å². The normalized spacial score (nSPS) is 12.7. The van der Waals surface area contributed by atoms with Gasteiger partial charge in [0.1, 0.15) is 0 Å². The molecule has 0 fully saturated rings. The average Bonchev–Trinajstić information content (AvgIpc) is 2.16. The first kappa shape index (κ1) is 13.4. The summed E-state index contributed by atoms with van der Waals surface area (Å²) >= 11 is 0. The maximum atomic E-state index is 10.2. The molecule has 0 aliphatic carbocycles. The number of carboxylic acid groups (broad SMARTS) is 1. The lowest BCUT2D eigenvalue weighted by atomic mass is 10.0. The van der Waals surface area contributed by atoms with Crippen molar-refractivity contribution in [1.29, 1.82) is 0 Å². The molecule has 0 aromatic rings. The van der Waals surface area contributed by atoms with Crippen LogP contribution >= 0.6 is 0 Å². The minimum Gasteiger partial charge on any atom is -0.481 e. The predicted molar refractivity (Wildman–Crippen MR) is 56.4 cm³/mol. The number of ether oxygens (including phenoxy) is 1. The minimum absolute atomic E-state index is 0.115. The Morgan fingerprint density at radius 3 is 2.64 bits per heavy atom. The molecule has 0 saturated carbocycles. The van der Waals surface area contributed by atoms with Crippen molar-refractivity contribution in [2.24, 2.45) is 5.92 Å². The molecule has 0 aromatic carbocycles. The van der Waals surface area contributed by atoms with E-state index in [4.69, 9.17) is 9.84 Å². The number of carboxylic acids is 1. The summed E-state index contributed by atoms with van der Waals surface area (Å²) in [5.74, 6) is -0.185. The molecule has 0 rings (SSSR count). The Kier molecular flexibility index (Phi) is 8.64. The standard InChI is InChI=1S/C11H22O3/c1-3-5-6-10(4-2)9-14-8-7-11(12)13/h10H,3-9H2,1-2H3,(H,12,13)/t10-/m0/s1. The van der Waals surface area contributed by atoms with E-state index in [1.54, 1.807) is 0 Å². The van der Waals surface area contributed by atoms with Gasteiger partial charge < -0.3 is 9.84 Å². The zero-order valence-electron chi connectivity index (χ0n) is 9.29. The highest BCUT2D eigenvalue weighted by Crippen LogP contribution is 2.12. The summed E-state index contributed by atoms with van der Waals surface area (Å²) in [6.45, 7) is 5.39. The van der Waals surface area contributed by atoms with Crippen LogP contribution < -0.4 is 0 Å². The van der Waals surface area contributed by atoms with Gasteiger partial charge in [0.25, 0.3) is 0 Å². The third-order valence-corrected chi connectivity index (χ3v) is 2.36. The van der Waals surface area contributed by atoms with Gasteiger partial charge in [0.2, 0.25) is 0 Å². The summed E-state index contributed by atoms with van der Waals surface area (Å²) in [5.41, 5.74) is 0. The molecule has 14 heavy (non-hydrogen) atoms. The van der Waals surface area contributed by atoms with Crippen LogP contribution in [-0.2, 0) is 9.53 Å². The molecule has 0 aromatic heterocycles. The van der Waals surface area contributed by atoms with Gasteiger partial charge in [-0.3, -0.25) is 4.79 Å². The molecule has 3 heteroatoms. The molecule has 0 bridgehead atoms. The van der Waals surface area contributed by atoms with E-state index in [1.807, 2.05) is 0 Å². The lowest BCUT2D eigenvalue weighted by molar-refractivity contribution is -0.138. The molecule has 0 aliphatic heterocycles. The van der Waals surface area contributed by atoms with E-state index in [2.05, 4.69) is 13.8 Å². The van der Waals surface area contributed by atoms with Gasteiger partial charge in [0.15, 0.2) is 0 Å². The molecule has 0 aliphatic rings. The van der Waals surface area contributed by atoms with Crippen LogP contribution in [0, 0.1) is 5.92 Å². The van der Waals surface area contributed by atoms with E-state index in [1.165, 1.54) is 19.3 Å². The van der Waals surface area contributed by atoms with Crippen molar-refractivity contribution in [2.45, 2.75) is 46.0 Å². The van der Waals surface area contributed by atoms with Gasteiger partial charge in [-0.25, -0.2) is 0 Å². The first-order valence-electron chi connectivity index (χ1n) is 5.50. The van der Waals surface area contributed by atoms with Gasteiger partial charge in [0, 0.05) is 6.61 Å². The number of hydrogen-bond donors (Lipinski definition) is 1. The number of hydrogen-bond acceptors (Lipinski definition) is 2. The third kappa shape index (κ3) is 8.05. The Morgan fingerprint density at radius 1 is 1.43 bits per heavy atom. The SMILES string of the molecule is CCCC[C@H](CC)COCCC(=O)O. The zero-order valence-corrected chi connectivity index (χ0v) is 9.29. The number of rotatable bonds is 9. The second kappa shape index (κ2) is 9.00. The van der Waals surface area contributed by atoms with Crippen LogP contribution in [0.4, 0.5) is 0 Å². The maximum absolute atomic E-state index is 10.2. The monoisotopic (exact) mass is 202 g/mol. The van der Waals surface area contributed by atoms with E-state index in [0.29, 0.717) is 19.1 Å². The molecule has 0 heterocycles. The van der Waals surface area contributed by atoms with Gasteiger partial charge in [-0.15, -0.1) is 0 Å². The van der Waals surface area contributed by atoms with Gasteiger partial charge in [-0.2, -0.15) is 0 Å². The van der Waals surface area contributed by atoms with Crippen molar-refractivity contribution in [3.8, 4) is 0 Å². The highest BCUT2D eigenvalue weighted by Gasteiger charge is 2.06. The van der Waals surface area contributed by atoms with Crippen molar-refractivity contribution >= 4 is 5.97 Å². The zero-order chi connectivity index (χ0) is 10.8. The summed E-state index contributed by atoms with van der Waals surface area (Å²) < 4.78 is 5.31. The fourth-order valence-electron chi connectivity index (χ4n) is 1.31. The predicted octanol–water partition coefficient (Wildman–Crippen LogP) is 2.69. The first-order valence-corrected chi connectivity index (χ1v) is 5.50. The van der Waals surface area contributed by atoms with E-state index >= 15 is 0 Å². The highest BCUT2D eigenvalue weighted by atomic mass is 16.5. The lowest BCUT2D eigenvalue weighted by Gasteiger charge is -2.13. The lowest BCUT2D eigenvalue weighted by Crippen LogP contribution is -2.11. The van der Waals surface area contributed by atoms with Crippen molar-refractivity contribution in [1.82, 2.24) is 0 Å². The smallest absolute Gasteiger partial charge is 0.305 e. The molecule has 0 amide bonds. The fourth-order valence-corrected chi connectivity index (χ4v) is 1.31. The van der Waals surface area contributed by atoms with Gasteiger partial charge in [0.05, 0.1) is 13.0 Å². The topological polar surface area (TPSA) is 46.5 Å². The number of aliphatic carboxylic acids is 1. The summed E-state index contributed by atoms with van der Waals surface area (Å²) in [6, 6.07) is 0. The van der Waals surface area contributed by atoms with Crippen LogP contribution in [0.1, 0.15) is 46.0 Å². The van der Waals surface area contributed by atoms with Crippen LogP contribution in [0.3, 0.4) is 0 Å². The van der Waals surface area contributed by atoms with Crippen LogP contribution in [0.2, 0.25) is 0 Å². The molecular weight excluding hydrogens is 180 g/mol. The van der Waals surface area contributed by atoms with E-state index in [0.717, 1.165) is 6.42 Å². The fraction of sp³-hybridized carbons (Fsp3) is 0.909. The molecule has 1 N–H and O–H groups in total. The molecule has 0 spiro atoms. The van der Waals surface area contributed by atoms with Crippen LogP contribution in [0.5, 0.6) is 0 Å². The molecule has 1 atom stereocenters. The van der Waals surface area contributed by atoms with Crippen molar-refractivity contribution in [3.63, 3.8) is 0 Å². The molecule has 3 nitrogen and oxygen atoms in total. The van der Waals surface area contributed by atoms with Gasteiger partial charge >= 0.3 is 5.97 Å². The average molecular weight is 202 g/mol. The molecule has 84 valence electrons. The van der Waals surface area contributed by atoms with E-state index < -0.39 is 5.97 Å². The van der Waals surface area contributed by atoms with E-state index in [9.17, 15) is 4.79 Å². The summed E-state index contributed by atoms with van der Waals surface area (Å²) in [6.07, 6.45) is 4.88. The van der Waals surface area contributed by atoms with Crippen molar-refractivity contribution in [3.05, 3.63) is 0 Å². The highest BCUT2D eigenvalue weighted by molar-refractivity contribution is 5.66. The Hall–Kier alpha value is -0.570. The molecular formula is C11H22O3. The molecule has 0 saturated heterocycles. The van der Waals surface area contributed by atoms with Crippen molar-refractivity contribution in [2.75, 3.05) is 13.2 Å². The van der Waals surface area contributed by atoms with Gasteiger partial charge in [-0.1, -0.05) is 33.1 Å². The first-order chi connectivity index (χ1) is 6.70. The van der Waals surface area contributed by atoms with E-state index in [-0.39, 0.29) is 6.42 Å². The summed E-state index contributed by atoms with van der Waals surface area (Å²) in [7, 11) is 0. The Labute approximate surface area is 86.5 Å². The van der Waals surface area contributed by atoms with Gasteiger partial charge in [-0.05, 0) is 12.3 Å². The third-order valence-electron chi connectivity index (χ3n) is 2.36. The number of unbranched alkanes of at least 4 members (excludes halogenated alkanes) is 1. The second-order valence-electron chi connectivity index (χ2n) is 3.64. The molecule has 0 radical (unpaired) electrons. The summed E-state index contributed by atoms with van der Waals surface area (Å²) in [4.78, 5) is 10.2.